The molecule has 26 heavy (non-hydrogen) atoms. The lowest BCUT2D eigenvalue weighted by molar-refractivity contribution is -0.393. The van der Waals surface area contributed by atoms with E-state index in [0.29, 0.717) is 12.3 Å². The molecule has 0 aliphatic carbocycles. The van der Waals surface area contributed by atoms with Crippen LogP contribution in [-0.2, 0) is 0 Å². The first-order valence-corrected chi connectivity index (χ1v) is 7.81. The second-order valence-electron chi connectivity index (χ2n) is 5.82. The Morgan fingerprint density at radius 2 is 1.81 bits per heavy atom. The van der Waals surface area contributed by atoms with Gasteiger partial charge in [0.2, 0.25) is 0 Å². The van der Waals surface area contributed by atoms with E-state index < -0.39 is 9.85 Å². The van der Waals surface area contributed by atoms with Crippen LogP contribution in [0.2, 0.25) is 0 Å². The highest BCUT2D eigenvalue weighted by atomic mass is 16.6. The summed E-state index contributed by atoms with van der Waals surface area (Å²) in [4.78, 5) is 22.8. The van der Waals surface area contributed by atoms with Crippen LogP contribution in [0.1, 0.15) is 11.6 Å². The molecule has 1 N–H and O–H groups in total. The second kappa shape index (κ2) is 8.26. The van der Waals surface area contributed by atoms with Crippen molar-refractivity contribution in [2.75, 3.05) is 33.1 Å². The van der Waals surface area contributed by atoms with E-state index in [4.69, 9.17) is 4.74 Å². The molecule has 0 bridgehead atoms. The number of anilines is 1. The summed E-state index contributed by atoms with van der Waals surface area (Å²) in [6.45, 7) is 0.353. The molecule has 2 rings (SSSR count). The van der Waals surface area contributed by atoms with Crippen LogP contribution in [-0.4, -0.2) is 42.5 Å². The first-order chi connectivity index (χ1) is 12.3. The number of likely N-dealkylation sites (N-methyl/N-ethyl adjacent to an activating group) is 1. The highest BCUT2D eigenvalue weighted by Crippen LogP contribution is 2.32. The van der Waals surface area contributed by atoms with E-state index >= 15 is 0 Å². The summed E-state index contributed by atoms with van der Waals surface area (Å²) in [6.07, 6.45) is 0. The van der Waals surface area contributed by atoms with E-state index in [1.165, 1.54) is 12.1 Å². The molecule has 0 fully saturated rings. The van der Waals surface area contributed by atoms with Crippen molar-refractivity contribution in [1.29, 1.82) is 0 Å². The summed E-state index contributed by atoms with van der Waals surface area (Å²) in [7, 11) is 5.37. The van der Waals surface area contributed by atoms with Gasteiger partial charge in [0, 0.05) is 18.2 Å². The molecular weight excluding hydrogens is 340 g/mol. The average Bonchev–Trinajstić information content (AvgIpc) is 2.61. The number of rotatable bonds is 8. The minimum Gasteiger partial charge on any atom is -0.496 e. The third kappa shape index (κ3) is 4.25. The van der Waals surface area contributed by atoms with Crippen molar-refractivity contribution in [1.82, 2.24) is 4.90 Å². The summed E-state index contributed by atoms with van der Waals surface area (Å²) < 4.78 is 5.39. The molecule has 0 heterocycles. The number of methoxy groups -OCH3 is 1. The van der Waals surface area contributed by atoms with Gasteiger partial charge in [0.05, 0.1) is 29.1 Å². The summed E-state index contributed by atoms with van der Waals surface area (Å²) >= 11 is 0. The van der Waals surface area contributed by atoms with Gasteiger partial charge in [-0.25, -0.2) is 0 Å². The Balaban J connectivity index is 2.30. The number of nitro benzene ring substituents is 2. The quantitative estimate of drug-likeness (QED) is 0.568. The van der Waals surface area contributed by atoms with Crippen molar-refractivity contribution in [2.24, 2.45) is 0 Å². The number of para-hydroxylation sites is 1. The molecule has 0 amide bonds. The Bertz CT molecular complexity index is 809. The molecule has 0 saturated heterocycles. The summed E-state index contributed by atoms with van der Waals surface area (Å²) in [6, 6.07) is 11.0. The zero-order chi connectivity index (χ0) is 19.3. The van der Waals surface area contributed by atoms with Gasteiger partial charge < -0.3 is 15.0 Å². The van der Waals surface area contributed by atoms with Gasteiger partial charge in [-0.3, -0.25) is 20.2 Å². The highest BCUT2D eigenvalue weighted by molar-refractivity contribution is 5.65. The summed E-state index contributed by atoms with van der Waals surface area (Å²) in [5.41, 5.74) is 0.493. The van der Waals surface area contributed by atoms with Crippen molar-refractivity contribution in [3.05, 3.63) is 68.3 Å². The lowest BCUT2D eigenvalue weighted by atomic mass is 10.0. The number of hydrogen-bond acceptors (Lipinski definition) is 7. The van der Waals surface area contributed by atoms with Crippen molar-refractivity contribution in [2.45, 2.75) is 6.04 Å². The van der Waals surface area contributed by atoms with Crippen LogP contribution in [0.4, 0.5) is 17.1 Å². The van der Waals surface area contributed by atoms with Crippen molar-refractivity contribution in [3.8, 4) is 5.75 Å². The molecule has 0 aromatic heterocycles. The van der Waals surface area contributed by atoms with Gasteiger partial charge >= 0.3 is 0 Å². The zero-order valence-electron chi connectivity index (χ0n) is 14.7. The first-order valence-electron chi connectivity index (χ1n) is 7.81. The van der Waals surface area contributed by atoms with E-state index in [0.717, 1.165) is 11.6 Å². The maximum absolute atomic E-state index is 11.3. The van der Waals surface area contributed by atoms with Crippen molar-refractivity contribution >= 4 is 17.1 Å². The van der Waals surface area contributed by atoms with Crippen molar-refractivity contribution < 1.29 is 14.6 Å². The van der Waals surface area contributed by atoms with Gasteiger partial charge in [-0.1, -0.05) is 18.2 Å². The fourth-order valence-electron chi connectivity index (χ4n) is 2.65. The van der Waals surface area contributed by atoms with Gasteiger partial charge in [-0.05, 0) is 26.2 Å². The Labute approximate surface area is 150 Å². The lowest BCUT2D eigenvalue weighted by Crippen LogP contribution is -2.27. The Kier molecular flexibility index (Phi) is 6.07. The molecular formula is C17H20N4O5. The molecule has 0 aliphatic heterocycles. The SMILES string of the molecule is COc1ccccc1C(CNc1ccc([N+](=O)[O-])cc1[N+](=O)[O-])N(C)C. The Morgan fingerprint density at radius 3 is 2.38 bits per heavy atom. The maximum atomic E-state index is 11.3. The van der Waals surface area contributed by atoms with Crippen LogP contribution >= 0.6 is 0 Å². The lowest BCUT2D eigenvalue weighted by Gasteiger charge is -2.26. The third-order valence-corrected chi connectivity index (χ3v) is 4.00. The smallest absolute Gasteiger partial charge is 0.299 e. The average molecular weight is 360 g/mol. The van der Waals surface area contributed by atoms with Crippen LogP contribution < -0.4 is 10.1 Å². The van der Waals surface area contributed by atoms with Crippen LogP contribution in [0.15, 0.2) is 42.5 Å². The third-order valence-electron chi connectivity index (χ3n) is 4.00. The van der Waals surface area contributed by atoms with Crippen LogP contribution in [0.25, 0.3) is 0 Å². The maximum Gasteiger partial charge on any atom is 0.299 e. The topological polar surface area (TPSA) is 111 Å². The monoisotopic (exact) mass is 360 g/mol. The molecule has 9 heteroatoms. The van der Waals surface area contributed by atoms with Crippen LogP contribution in [0.5, 0.6) is 5.75 Å². The molecule has 0 aliphatic rings. The van der Waals surface area contributed by atoms with Gasteiger partial charge in [-0.15, -0.1) is 0 Å². The van der Waals surface area contributed by atoms with Gasteiger partial charge in [0.1, 0.15) is 11.4 Å². The van der Waals surface area contributed by atoms with Crippen molar-refractivity contribution in [3.63, 3.8) is 0 Å². The predicted octanol–water partition coefficient (Wildman–Crippen LogP) is 3.23. The van der Waals surface area contributed by atoms with E-state index in [1.807, 2.05) is 43.3 Å². The van der Waals surface area contributed by atoms with E-state index in [2.05, 4.69) is 5.32 Å². The molecule has 9 nitrogen and oxygen atoms in total. The standard InChI is InChI=1S/C17H20N4O5/c1-19(2)16(13-6-4-5-7-17(13)26-3)11-18-14-9-8-12(20(22)23)10-15(14)21(24)25/h4-10,16,18H,11H2,1-3H3. The van der Waals surface area contributed by atoms with Gasteiger partial charge in [0.25, 0.3) is 11.4 Å². The number of nitro groups is 2. The number of nitrogens with zero attached hydrogens (tertiary/aromatic N) is 3. The molecule has 1 atom stereocenters. The molecule has 1 unspecified atom stereocenters. The normalized spacial score (nSPS) is 11.8. The summed E-state index contributed by atoms with van der Waals surface area (Å²) in [5.74, 6) is 0.714. The Morgan fingerprint density at radius 1 is 1.12 bits per heavy atom. The predicted molar refractivity (Wildman–Crippen MR) is 97.7 cm³/mol. The van der Waals surface area contributed by atoms with Crippen LogP contribution in [0.3, 0.4) is 0 Å². The first kappa shape index (κ1) is 19.1. The highest BCUT2D eigenvalue weighted by Gasteiger charge is 2.22. The number of hydrogen-bond donors (Lipinski definition) is 1. The van der Waals surface area contributed by atoms with Gasteiger partial charge in [-0.2, -0.15) is 0 Å². The fraction of sp³-hybridized carbons (Fsp3) is 0.294. The molecule has 138 valence electrons. The van der Waals surface area contributed by atoms with Crippen LogP contribution in [0, 0.1) is 20.2 Å². The molecule has 0 saturated carbocycles. The number of benzene rings is 2. The minimum atomic E-state index is -0.658. The largest absolute Gasteiger partial charge is 0.496 e. The number of non-ortho nitro benzene ring substituents is 1. The zero-order valence-corrected chi connectivity index (χ0v) is 14.7. The molecule has 0 radical (unpaired) electrons. The minimum absolute atomic E-state index is 0.124. The summed E-state index contributed by atoms with van der Waals surface area (Å²) in [5, 5.41) is 25.1. The van der Waals surface area contributed by atoms with E-state index in [-0.39, 0.29) is 23.1 Å². The van der Waals surface area contributed by atoms with Gasteiger partial charge in [0.15, 0.2) is 0 Å². The Hall–Kier alpha value is -3.20. The number of nitrogens with one attached hydrogen (secondary N) is 1. The molecule has 2 aromatic rings. The molecule has 2 aromatic carbocycles. The molecule has 0 spiro atoms. The second-order valence-corrected chi connectivity index (χ2v) is 5.82. The number of ether oxygens (including phenoxy) is 1. The van der Waals surface area contributed by atoms with E-state index in [1.54, 1.807) is 7.11 Å². The fourth-order valence-corrected chi connectivity index (χ4v) is 2.65. The van der Waals surface area contributed by atoms with E-state index in [9.17, 15) is 20.2 Å².